The molecule has 0 spiro atoms. The van der Waals surface area contributed by atoms with Gasteiger partial charge >= 0.3 is 0 Å². The Morgan fingerprint density at radius 3 is 2.90 bits per heavy atom. The van der Waals surface area contributed by atoms with E-state index >= 15 is 0 Å². The van der Waals surface area contributed by atoms with Gasteiger partial charge in [0.05, 0.1) is 6.04 Å². The standard InChI is InChI=1S/C16H21IN2O/c1-10-6-7-12(9-13(10)17)18-16(20)15-8-11-4-2-3-5-14(11)19-15/h6-7,9,11,14-15,19H,2-5,8H2,1H3,(H,18,20). The highest BCUT2D eigenvalue weighted by atomic mass is 127. The lowest BCUT2D eigenvalue weighted by Gasteiger charge is -2.24. The van der Waals surface area contributed by atoms with E-state index in [2.05, 4.69) is 46.2 Å². The summed E-state index contributed by atoms with van der Waals surface area (Å²) in [7, 11) is 0. The van der Waals surface area contributed by atoms with Crippen LogP contribution in [0.5, 0.6) is 0 Å². The summed E-state index contributed by atoms with van der Waals surface area (Å²) in [6.07, 6.45) is 6.15. The van der Waals surface area contributed by atoms with E-state index in [1.807, 2.05) is 12.1 Å². The summed E-state index contributed by atoms with van der Waals surface area (Å²) < 4.78 is 1.19. The number of rotatable bonds is 2. The third-order valence-corrected chi connectivity index (χ3v) is 5.78. The molecule has 3 atom stereocenters. The fourth-order valence-corrected chi connectivity index (χ4v) is 3.94. The first-order chi connectivity index (χ1) is 9.63. The molecule has 1 aliphatic heterocycles. The number of hydrogen-bond donors (Lipinski definition) is 2. The van der Waals surface area contributed by atoms with Gasteiger partial charge in [-0.3, -0.25) is 4.79 Å². The zero-order valence-corrected chi connectivity index (χ0v) is 13.9. The summed E-state index contributed by atoms with van der Waals surface area (Å²) in [4.78, 5) is 12.4. The third kappa shape index (κ3) is 3.01. The maximum atomic E-state index is 12.4. The number of hydrogen-bond acceptors (Lipinski definition) is 2. The van der Waals surface area contributed by atoms with E-state index in [0.29, 0.717) is 12.0 Å². The van der Waals surface area contributed by atoms with E-state index in [4.69, 9.17) is 0 Å². The van der Waals surface area contributed by atoms with Crippen molar-refractivity contribution in [3.8, 4) is 0 Å². The van der Waals surface area contributed by atoms with Gasteiger partial charge in [0.15, 0.2) is 0 Å². The molecule has 2 N–H and O–H groups in total. The van der Waals surface area contributed by atoms with Crippen LogP contribution in [0.15, 0.2) is 18.2 Å². The molecule has 3 rings (SSSR count). The number of carbonyl (C=O) groups is 1. The lowest BCUT2D eigenvalue weighted by Crippen LogP contribution is -2.39. The summed E-state index contributed by atoms with van der Waals surface area (Å²) in [6, 6.07) is 6.63. The highest BCUT2D eigenvalue weighted by Gasteiger charge is 2.38. The summed E-state index contributed by atoms with van der Waals surface area (Å²) in [5, 5.41) is 6.58. The molecule has 3 unspecified atom stereocenters. The minimum atomic E-state index is -0.0120. The van der Waals surface area contributed by atoms with Crippen molar-refractivity contribution >= 4 is 34.2 Å². The van der Waals surface area contributed by atoms with E-state index < -0.39 is 0 Å². The van der Waals surface area contributed by atoms with Gasteiger partial charge in [-0.2, -0.15) is 0 Å². The van der Waals surface area contributed by atoms with Gasteiger partial charge in [-0.25, -0.2) is 0 Å². The van der Waals surface area contributed by atoms with E-state index in [9.17, 15) is 4.79 Å². The van der Waals surface area contributed by atoms with Crippen LogP contribution in [0.3, 0.4) is 0 Å². The number of amides is 1. The van der Waals surface area contributed by atoms with Crippen molar-refractivity contribution in [2.75, 3.05) is 5.32 Å². The molecule has 4 heteroatoms. The molecule has 0 radical (unpaired) electrons. The molecule has 1 aliphatic carbocycles. The first kappa shape index (κ1) is 14.3. The first-order valence-corrected chi connectivity index (χ1v) is 8.54. The molecule has 1 saturated carbocycles. The van der Waals surface area contributed by atoms with Crippen molar-refractivity contribution in [3.63, 3.8) is 0 Å². The zero-order chi connectivity index (χ0) is 14.1. The minimum absolute atomic E-state index is 0.0120. The van der Waals surface area contributed by atoms with Crippen LogP contribution in [0, 0.1) is 16.4 Å². The molecular weight excluding hydrogens is 363 g/mol. The van der Waals surface area contributed by atoms with Gasteiger partial charge in [-0.15, -0.1) is 0 Å². The number of nitrogens with one attached hydrogen (secondary N) is 2. The second-order valence-electron chi connectivity index (χ2n) is 6.06. The monoisotopic (exact) mass is 384 g/mol. The van der Waals surface area contributed by atoms with Crippen molar-refractivity contribution in [2.45, 2.75) is 51.1 Å². The average molecular weight is 384 g/mol. The van der Waals surface area contributed by atoms with E-state index in [-0.39, 0.29) is 11.9 Å². The Morgan fingerprint density at radius 2 is 2.15 bits per heavy atom. The number of benzene rings is 1. The summed E-state index contributed by atoms with van der Waals surface area (Å²) in [5.74, 6) is 0.830. The van der Waals surface area contributed by atoms with E-state index in [0.717, 1.165) is 12.1 Å². The van der Waals surface area contributed by atoms with Crippen LogP contribution in [0.1, 0.15) is 37.7 Å². The first-order valence-electron chi connectivity index (χ1n) is 7.46. The van der Waals surface area contributed by atoms with Gasteiger partial charge < -0.3 is 10.6 Å². The van der Waals surface area contributed by atoms with Gasteiger partial charge in [0.2, 0.25) is 5.91 Å². The maximum Gasteiger partial charge on any atom is 0.241 e. The lowest BCUT2D eigenvalue weighted by molar-refractivity contribution is -0.117. The van der Waals surface area contributed by atoms with Crippen LogP contribution in [-0.4, -0.2) is 18.0 Å². The van der Waals surface area contributed by atoms with E-state index in [1.165, 1.54) is 34.8 Å². The number of halogens is 1. The normalized spacial score (nSPS) is 29.0. The number of anilines is 1. The van der Waals surface area contributed by atoms with E-state index in [1.54, 1.807) is 0 Å². The Labute approximate surface area is 134 Å². The smallest absolute Gasteiger partial charge is 0.241 e. The number of aryl methyl sites for hydroxylation is 1. The molecular formula is C16H21IN2O. The SMILES string of the molecule is Cc1ccc(NC(=O)C2CC3CCCCC3N2)cc1I. The fourth-order valence-electron chi connectivity index (χ4n) is 3.42. The second kappa shape index (κ2) is 6.02. The molecule has 1 heterocycles. The van der Waals surface area contributed by atoms with Crippen LogP contribution >= 0.6 is 22.6 Å². The van der Waals surface area contributed by atoms with Crippen LogP contribution in [0.2, 0.25) is 0 Å². The van der Waals surface area contributed by atoms with Crippen molar-refractivity contribution in [3.05, 3.63) is 27.3 Å². The van der Waals surface area contributed by atoms with Gasteiger partial charge in [-0.05, 0) is 72.4 Å². The van der Waals surface area contributed by atoms with Crippen LogP contribution in [0.4, 0.5) is 5.69 Å². The predicted octanol–water partition coefficient (Wildman–Crippen LogP) is 3.46. The van der Waals surface area contributed by atoms with Gasteiger partial charge in [-0.1, -0.05) is 18.9 Å². The quantitative estimate of drug-likeness (QED) is 0.767. The highest BCUT2D eigenvalue weighted by Crippen LogP contribution is 2.33. The van der Waals surface area contributed by atoms with Crippen LogP contribution in [-0.2, 0) is 4.79 Å². The predicted molar refractivity (Wildman–Crippen MR) is 89.8 cm³/mol. The Kier molecular flexibility index (Phi) is 4.31. The maximum absolute atomic E-state index is 12.4. The topological polar surface area (TPSA) is 41.1 Å². The summed E-state index contributed by atoms with van der Waals surface area (Å²) in [5.41, 5.74) is 2.15. The van der Waals surface area contributed by atoms with Gasteiger partial charge in [0, 0.05) is 15.3 Å². The third-order valence-electron chi connectivity index (χ3n) is 4.62. The zero-order valence-electron chi connectivity index (χ0n) is 11.8. The minimum Gasteiger partial charge on any atom is -0.325 e. The van der Waals surface area contributed by atoms with Gasteiger partial charge in [0.25, 0.3) is 0 Å². The molecule has 2 fully saturated rings. The lowest BCUT2D eigenvalue weighted by atomic mass is 9.85. The van der Waals surface area contributed by atoms with Crippen molar-refractivity contribution in [1.29, 1.82) is 0 Å². The van der Waals surface area contributed by atoms with Crippen LogP contribution in [0.25, 0.3) is 0 Å². The van der Waals surface area contributed by atoms with Gasteiger partial charge in [0.1, 0.15) is 0 Å². The van der Waals surface area contributed by atoms with Crippen molar-refractivity contribution < 1.29 is 4.79 Å². The molecule has 20 heavy (non-hydrogen) atoms. The molecule has 1 aromatic carbocycles. The number of fused-ring (bicyclic) bond motifs is 1. The molecule has 108 valence electrons. The van der Waals surface area contributed by atoms with Crippen LogP contribution < -0.4 is 10.6 Å². The average Bonchev–Trinajstić information content (AvgIpc) is 2.87. The molecule has 1 amide bonds. The molecule has 0 aromatic heterocycles. The molecule has 1 saturated heterocycles. The molecule has 0 bridgehead atoms. The summed E-state index contributed by atoms with van der Waals surface area (Å²) in [6.45, 7) is 2.08. The Morgan fingerprint density at radius 1 is 1.35 bits per heavy atom. The Balaban J connectivity index is 1.63. The largest absolute Gasteiger partial charge is 0.325 e. The highest BCUT2D eigenvalue weighted by molar-refractivity contribution is 14.1. The fraction of sp³-hybridized carbons (Fsp3) is 0.562. The van der Waals surface area contributed by atoms with Crippen molar-refractivity contribution in [1.82, 2.24) is 5.32 Å². The molecule has 2 aliphatic rings. The Bertz CT molecular complexity index is 503. The molecule has 3 nitrogen and oxygen atoms in total. The molecule has 1 aromatic rings. The second-order valence-corrected chi connectivity index (χ2v) is 7.22. The van der Waals surface area contributed by atoms with Crippen molar-refractivity contribution in [2.24, 2.45) is 5.92 Å². The summed E-state index contributed by atoms with van der Waals surface area (Å²) >= 11 is 2.30. The number of carbonyl (C=O) groups excluding carboxylic acids is 1. The Hall–Kier alpha value is -0.620.